The first-order chi connectivity index (χ1) is 10.3. The van der Waals surface area contributed by atoms with Gasteiger partial charge in [0, 0.05) is 0 Å². The van der Waals surface area contributed by atoms with E-state index in [4.69, 9.17) is 0 Å². The second-order valence-electron chi connectivity index (χ2n) is 5.13. The van der Waals surface area contributed by atoms with Gasteiger partial charge in [-0.25, -0.2) is 0 Å². The molecule has 0 nitrogen and oxygen atoms in total. The highest BCUT2D eigenvalue weighted by molar-refractivity contribution is 5.19. The van der Waals surface area contributed by atoms with Gasteiger partial charge in [0.05, 0.1) is 0 Å². The molecule has 0 aliphatic heterocycles. The summed E-state index contributed by atoms with van der Waals surface area (Å²) in [5.74, 6) is 0. The van der Waals surface area contributed by atoms with Gasteiger partial charge in [-0.1, -0.05) is 96.6 Å². The first kappa shape index (κ1) is 15.1. The van der Waals surface area contributed by atoms with E-state index in [-0.39, 0.29) is 0 Å². The van der Waals surface area contributed by atoms with Crippen LogP contribution in [0.4, 0.5) is 0 Å². The molecule has 0 aromatic heterocycles. The predicted molar refractivity (Wildman–Crippen MR) is 91.5 cm³/mol. The minimum absolute atomic E-state index is 1.13. The molecule has 0 amide bonds. The highest BCUT2D eigenvalue weighted by Crippen LogP contribution is 2.06. The average Bonchev–Trinajstić information content (AvgIpc) is 2.56. The van der Waals surface area contributed by atoms with E-state index in [9.17, 15) is 0 Å². The van der Waals surface area contributed by atoms with E-state index >= 15 is 0 Å². The third kappa shape index (κ3) is 6.09. The molecule has 21 heavy (non-hydrogen) atoms. The summed E-state index contributed by atoms with van der Waals surface area (Å²) in [5.41, 5.74) is 4.15. The number of rotatable bonds is 3. The Kier molecular flexibility index (Phi) is 6.28. The van der Waals surface area contributed by atoms with Crippen molar-refractivity contribution in [2.75, 3.05) is 0 Å². The van der Waals surface area contributed by atoms with Crippen LogP contribution in [0.1, 0.15) is 16.7 Å². The third-order valence-corrected chi connectivity index (χ3v) is 3.33. The fraction of sp³-hybridized carbons (Fsp3) is 0.143. The van der Waals surface area contributed by atoms with Crippen molar-refractivity contribution < 1.29 is 0 Å². The lowest BCUT2D eigenvalue weighted by molar-refractivity contribution is 0.960. The van der Waals surface area contributed by atoms with Gasteiger partial charge in [0.1, 0.15) is 0 Å². The van der Waals surface area contributed by atoms with Gasteiger partial charge in [0.15, 0.2) is 0 Å². The lowest BCUT2D eigenvalue weighted by atomic mass is 10.0. The maximum atomic E-state index is 2.18. The number of hydrogen-bond acceptors (Lipinski definition) is 0. The Hall–Kier alpha value is -2.34. The van der Waals surface area contributed by atoms with Crippen LogP contribution in [-0.2, 0) is 12.8 Å². The van der Waals surface area contributed by atoms with Gasteiger partial charge in [0.25, 0.3) is 0 Å². The second kappa shape index (κ2) is 8.76. The molecule has 0 saturated carbocycles. The monoisotopic (exact) mass is 274 g/mol. The van der Waals surface area contributed by atoms with Crippen LogP contribution < -0.4 is 0 Å². The molecule has 0 radical (unpaired) electrons. The zero-order chi connectivity index (χ0) is 14.8. The van der Waals surface area contributed by atoms with Crippen LogP contribution in [-0.4, -0.2) is 0 Å². The van der Waals surface area contributed by atoms with Crippen LogP contribution in [0.15, 0.2) is 91.0 Å². The minimum atomic E-state index is 1.13. The molecule has 0 N–H and O–H groups in total. The standard InChI is InChI=1S/C14H14.C7H8/c1-3-7-13(8-4-1)11-12-14-9-5-2-6-10-14;1-7-5-3-2-4-6-7/h1-10H,11-12H2;2-6H,1H3. The average molecular weight is 274 g/mol. The molecule has 106 valence electrons. The molecule has 0 bridgehead atoms. The maximum absolute atomic E-state index is 2.18. The zero-order valence-corrected chi connectivity index (χ0v) is 12.6. The van der Waals surface area contributed by atoms with Crippen molar-refractivity contribution in [1.29, 1.82) is 0 Å². The van der Waals surface area contributed by atoms with Gasteiger partial charge in [-0.3, -0.25) is 0 Å². The van der Waals surface area contributed by atoms with E-state index in [0.717, 1.165) is 12.8 Å². The summed E-state index contributed by atoms with van der Waals surface area (Å²) in [6, 6.07) is 31.5. The van der Waals surface area contributed by atoms with Gasteiger partial charge >= 0.3 is 0 Å². The quantitative estimate of drug-likeness (QED) is 0.594. The van der Waals surface area contributed by atoms with Crippen molar-refractivity contribution >= 4 is 0 Å². The Bertz CT molecular complexity index is 558. The minimum Gasteiger partial charge on any atom is -0.0622 e. The van der Waals surface area contributed by atoms with Crippen LogP contribution in [0.25, 0.3) is 0 Å². The number of aryl methyl sites for hydroxylation is 3. The van der Waals surface area contributed by atoms with Gasteiger partial charge < -0.3 is 0 Å². The lowest BCUT2D eigenvalue weighted by Crippen LogP contribution is -1.89. The fourth-order valence-corrected chi connectivity index (χ4v) is 2.11. The molecule has 0 heteroatoms. The normalized spacial score (nSPS) is 9.57. The van der Waals surface area contributed by atoms with E-state index in [2.05, 4.69) is 79.7 Å². The summed E-state index contributed by atoms with van der Waals surface area (Å²) in [4.78, 5) is 0. The Morgan fingerprint density at radius 3 is 1.10 bits per heavy atom. The summed E-state index contributed by atoms with van der Waals surface area (Å²) < 4.78 is 0. The Labute approximate surface area is 128 Å². The third-order valence-electron chi connectivity index (χ3n) is 3.33. The molecular weight excluding hydrogens is 252 g/mol. The number of hydrogen-bond donors (Lipinski definition) is 0. The molecular formula is C21H22. The van der Waals surface area contributed by atoms with Crippen molar-refractivity contribution in [2.45, 2.75) is 19.8 Å². The van der Waals surface area contributed by atoms with Crippen LogP contribution in [0.5, 0.6) is 0 Å². The molecule has 0 unspecified atom stereocenters. The van der Waals surface area contributed by atoms with Gasteiger partial charge in [-0.05, 0) is 30.9 Å². The Morgan fingerprint density at radius 2 is 0.810 bits per heavy atom. The van der Waals surface area contributed by atoms with Crippen LogP contribution >= 0.6 is 0 Å². The van der Waals surface area contributed by atoms with Crippen LogP contribution in [0, 0.1) is 6.92 Å². The topological polar surface area (TPSA) is 0 Å². The molecule has 0 heterocycles. The fourth-order valence-electron chi connectivity index (χ4n) is 2.11. The van der Waals surface area contributed by atoms with Crippen molar-refractivity contribution in [3.8, 4) is 0 Å². The molecule has 0 spiro atoms. The SMILES string of the molecule is Cc1ccccc1.c1ccc(CCc2ccccc2)cc1. The molecule has 3 rings (SSSR count). The largest absolute Gasteiger partial charge is 0.0622 e. The van der Waals surface area contributed by atoms with Crippen molar-refractivity contribution in [3.63, 3.8) is 0 Å². The molecule has 0 saturated heterocycles. The van der Waals surface area contributed by atoms with Gasteiger partial charge in [0.2, 0.25) is 0 Å². The highest BCUT2D eigenvalue weighted by Gasteiger charge is 1.93. The molecule has 3 aromatic rings. The van der Waals surface area contributed by atoms with E-state index < -0.39 is 0 Å². The summed E-state index contributed by atoms with van der Waals surface area (Å²) >= 11 is 0. The van der Waals surface area contributed by atoms with Gasteiger partial charge in [-0.2, -0.15) is 0 Å². The summed E-state index contributed by atoms with van der Waals surface area (Å²) in [6.07, 6.45) is 2.26. The molecule has 0 aliphatic rings. The smallest absolute Gasteiger partial charge is 0.0238 e. The van der Waals surface area contributed by atoms with E-state index in [1.165, 1.54) is 16.7 Å². The zero-order valence-electron chi connectivity index (χ0n) is 12.6. The second-order valence-corrected chi connectivity index (χ2v) is 5.13. The predicted octanol–water partition coefficient (Wildman–Crippen LogP) is 5.47. The maximum Gasteiger partial charge on any atom is -0.0238 e. The van der Waals surface area contributed by atoms with Crippen LogP contribution in [0.2, 0.25) is 0 Å². The van der Waals surface area contributed by atoms with E-state index in [0.29, 0.717) is 0 Å². The Morgan fingerprint density at radius 1 is 0.476 bits per heavy atom. The first-order valence-electron chi connectivity index (χ1n) is 7.44. The summed E-state index contributed by atoms with van der Waals surface area (Å²) in [5, 5.41) is 0. The summed E-state index contributed by atoms with van der Waals surface area (Å²) in [6.45, 7) is 2.08. The van der Waals surface area contributed by atoms with Crippen LogP contribution in [0.3, 0.4) is 0 Å². The van der Waals surface area contributed by atoms with Crippen molar-refractivity contribution in [2.24, 2.45) is 0 Å². The molecule has 3 aromatic carbocycles. The Balaban J connectivity index is 0.000000194. The lowest BCUT2D eigenvalue weighted by Gasteiger charge is -2.01. The van der Waals surface area contributed by atoms with E-state index in [1.807, 2.05) is 18.2 Å². The number of benzene rings is 3. The first-order valence-corrected chi connectivity index (χ1v) is 7.44. The molecule has 0 fully saturated rings. The van der Waals surface area contributed by atoms with E-state index in [1.54, 1.807) is 0 Å². The van der Waals surface area contributed by atoms with Gasteiger partial charge in [-0.15, -0.1) is 0 Å². The molecule has 0 aliphatic carbocycles. The van der Waals surface area contributed by atoms with Crippen molar-refractivity contribution in [1.82, 2.24) is 0 Å². The van der Waals surface area contributed by atoms with Crippen molar-refractivity contribution in [3.05, 3.63) is 108 Å². The molecule has 0 atom stereocenters. The highest BCUT2D eigenvalue weighted by atomic mass is 14.0. The summed E-state index contributed by atoms with van der Waals surface area (Å²) in [7, 11) is 0.